The number of halogens is 1. The van der Waals surface area contributed by atoms with Crippen LogP contribution in [0, 0.1) is 5.82 Å². The number of nitrogens with zero attached hydrogens (tertiary/aromatic N) is 5. The zero-order chi connectivity index (χ0) is 18.4. The summed E-state index contributed by atoms with van der Waals surface area (Å²) in [5, 5.41) is 6.08. The van der Waals surface area contributed by atoms with Gasteiger partial charge in [0.15, 0.2) is 5.82 Å². The summed E-state index contributed by atoms with van der Waals surface area (Å²) in [6.07, 6.45) is 2.99. The summed E-state index contributed by atoms with van der Waals surface area (Å²) in [7, 11) is 1.63. The molecule has 1 atom stereocenters. The number of aromatic nitrogens is 5. The first-order chi connectivity index (χ1) is 12.6. The van der Waals surface area contributed by atoms with Crippen molar-refractivity contribution in [2.45, 2.75) is 13.0 Å². The third kappa shape index (κ3) is 4.67. The zero-order valence-corrected chi connectivity index (χ0v) is 14.3. The molecule has 0 unspecified atom stereocenters. The molecule has 0 fully saturated rings. The molecule has 0 saturated carbocycles. The SMILES string of the molecule is COC[C@H](C)Nc1nccc(-c2ncnc(Nc3cccc(F)c3)n2)n1. The van der Waals surface area contributed by atoms with Crippen molar-refractivity contribution >= 4 is 17.6 Å². The van der Waals surface area contributed by atoms with E-state index in [1.165, 1.54) is 18.5 Å². The molecule has 0 bridgehead atoms. The zero-order valence-electron chi connectivity index (χ0n) is 14.3. The van der Waals surface area contributed by atoms with Gasteiger partial charge in [-0.1, -0.05) is 6.07 Å². The highest BCUT2D eigenvalue weighted by atomic mass is 19.1. The van der Waals surface area contributed by atoms with Crippen molar-refractivity contribution in [3.8, 4) is 11.5 Å². The molecule has 9 heteroatoms. The van der Waals surface area contributed by atoms with Crippen LogP contribution >= 0.6 is 0 Å². The smallest absolute Gasteiger partial charge is 0.230 e. The largest absolute Gasteiger partial charge is 0.383 e. The summed E-state index contributed by atoms with van der Waals surface area (Å²) in [5.41, 5.74) is 1.08. The van der Waals surface area contributed by atoms with E-state index in [4.69, 9.17) is 4.74 Å². The van der Waals surface area contributed by atoms with Gasteiger partial charge in [-0.25, -0.2) is 24.3 Å². The number of anilines is 3. The molecule has 2 aromatic heterocycles. The lowest BCUT2D eigenvalue weighted by Crippen LogP contribution is -2.22. The Balaban J connectivity index is 1.79. The first kappa shape index (κ1) is 17.6. The Morgan fingerprint density at radius 3 is 2.81 bits per heavy atom. The van der Waals surface area contributed by atoms with Crippen LogP contribution < -0.4 is 10.6 Å². The van der Waals surface area contributed by atoms with Gasteiger partial charge in [-0.3, -0.25) is 0 Å². The second-order valence-corrected chi connectivity index (χ2v) is 5.53. The molecule has 0 radical (unpaired) electrons. The first-order valence-electron chi connectivity index (χ1n) is 7.94. The molecule has 1 aromatic carbocycles. The molecule has 0 spiro atoms. The number of methoxy groups -OCH3 is 1. The molecule has 2 N–H and O–H groups in total. The number of hydrogen-bond donors (Lipinski definition) is 2. The van der Waals surface area contributed by atoms with Crippen molar-refractivity contribution in [2.24, 2.45) is 0 Å². The van der Waals surface area contributed by atoms with E-state index in [2.05, 4.69) is 35.6 Å². The van der Waals surface area contributed by atoms with Crippen molar-refractivity contribution in [1.82, 2.24) is 24.9 Å². The average Bonchev–Trinajstić information content (AvgIpc) is 2.62. The molecule has 134 valence electrons. The molecule has 0 amide bonds. The van der Waals surface area contributed by atoms with E-state index in [0.717, 1.165) is 0 Å². The van der Waals surface area contributed by atoms with Gasteiger partial charge in [0.1, 0.15) is 17.8 Å². The van der Waals surface area contributed by atoms with Crippen molar-refractivity contribution < 1.29 is 9.13 Å². The minimum Gasteiger partial charge on any atom is -0.383 e. The van der Waals surface area contributed by atoms with Gasteiger partial charge in [0.2, 0.25) is 11.9 Å². The van der Waals surface area contributed by atoms with E-state index in [0.29, 0.717) is 35.7 Å². The van der Waals surface area contributed by atoms with Crippen LogP contribution in [0.4, 0.5) is 22.0 Å². The van der Waals surface area contributed by atoms with Gasteiger partial charge >= 0.3 is 0 Å². The molecular formula is C17H18FN7O. The minimum atomic E-state index is -0.346. The molecule has 3 rings (SSSR count). The molecule has 2 heterocycles. The normalized spacial score (nSPS) is 11.8. The van der Waals surface area contributed by atoms with Crippen molar-refractivity contribution in [3.63, 3.8) is 0 Å². The highest BCUT2D eigenvalue weighted by molar-refractivity contribution is 5.56. The van der Waals surface area contributed by atoms with E-state index in [-0.39, 0.29) is 11.9 Å². The quantitative estimate of drug-likeness (QED) is 0.667. The number of benzene rings is 1. The average molecular weight is 355 g/mol. The molecule has 0 aliphatic heterocycles. The maximum Gasteiger partial charge on any atom is 0.230 e. The molecule has 3 aromatic rings. The first-order valence-corrected chi connectivity index (χ1v) is 7.94. The van der Waals surface area contributed by atoms with Crippen molar-refractivity contribution in [3.05, 3.63) is 48.7 Å². The van der Waals surface area contributed by atoms with Crippen LogP contribution in [0.2, 0.25) is 0 Å². The van der Waals surface area contributed by atoms with Crippen LogP contribution in [0.5, 0.6) is 0 Å². The van der Waals surface area contributed by atoms with Crippen molar-refractivity contribution in [2.75, 3.05) is 24.4 Å². The van der Waals surface area contributed by atoms with E-state index in [1.807, 2.05) is 6.92 Å². The minimum absolute atomic E-state index is 0.0545. The fourth-order valence-corrected chi connectivity index (χ4v) is 2.24. The van der Waals surface area contributed by atoms with Gasteiger partial charge in [0.05, 0.1) is 6.61 Å². The molecule has 0 saturated heterocycles. The van der Waals surface area contributed by atoms with Crippen LogP contribution in [-0.4, -0.2) is 44.7 Å². The maximum absolute atomic E-state index is 13.3. The fraction of sp³-hybridized carbons (Fsp3) is 0.235. The Morgan fingerprint density at radius 2 is 2.00 bits per heavy atom. The predicted octanol–water partition coefficient (Wildman–Crippen LogP) is 2.66. The maximum atomic E-state index is 13.3. The number of hydrogen-bond acceptors (Lipinski definition) is 8. The third-order valence-electron chi connectivity index (χ3n) is 3.33. The molecular weight excluding hydrogens is 337 g/mol. The summed E-state index contributed by atoms with van der Waals surface area (Å²) in [6, 6.07) is 7.80. The Bertz CT molecular complexity index is 877. The monoisotopic (exact) mass is 355 g/mol. The Kier molecular flexibility index (Phi) is 5.59. The van der Waals surface area contributed by atoms with E-state index in [9.17, 15) is 4.39 Å². The Hall–Kier alpha value is -3.20. The summed E-state index contributed by atoms with van der Waals surface area (Å²) >= 11 is 0. The number of ether oxygens (including phenoxy) is 1. The molecule has 8 nitrogen and oxygen atoms in total. The van der Waals surface area contributed by atoms with Gasteiger partial charge in [-0.05, 0) is 31.2 Å². The van der Waals surface area contributed by atoms with Crippen LogP contribution in [0.1, 0.15) is 6.92 Å². The molecule has 0 aliphatic rings. The summed E-state index contributed by atoms with van der Waals surface area (Å²) in [6.45, 7) is 2.49. The van der Waals surface area contributed by atoms with E-state index < -0.39 is 0 Å². The topological polar surface area (TPSA) is 97.7 Å². The lowest BCUT2D eigenvalue weighted by molar-refractivity contribution is 0.190. The third-order valence-corrected chi connectivity index (χ3v) is 3.33. The van der Waals surface area contributed by atoms with Gasteiger partial charge in [0.25, 0.3) is 0 Å². The number of rotatable bonds is 7. The van der Waals surface area contributed by atoms with Gasteiger partial charge in [-0.15, -0.1) is 0 Å². The highest BCUT2D eigenvalue weighted by Gasteiger charge is 2.09. The number of nitrogens with one attached hydrogen (secondary N) is 2. The lowest BCUT2D eigenvalue weighted by atomic mass is 10.3. The summed E-state index contributed by atoms with van der Waals surface area (Å²) in [4.78, 5) is 21.1. The summed E-state index contributed by atoms with van der Waals surface area (Å²) in [5.74, 6) is 0.776. The van der Waals surface area contributed by atoms with Crippen LogP contribution in [0.15, 0.2) is 42.9 Å². The fourth-order valence-electron chi connectivity index (χ4n) is 2.24. The van der Waals surface area contributed by atoms with E-state index in [1.54, 1.807) is 31.5 Å². The predicted molar refractivity (Wildman–Crippen MR) is 95.5 cm³/mol. The van der Waals surface area contributed by atoms with Crippen LogP contribution in [0.25, 0.3) is 11.5 Å². The van der Waals surface area contributed by atoms with Gasteiger partial charge < -0.3 is 15.4 Å². The van der Waals surface area contributed by atoms with Crippen LogP contribution in [-0.2, 0) is 4.74 Å². The highest BCUT2D eigenvalue weighted by Crippen LogP contribution is 2.17. The standard InChI is InChI=1S/C17H18FN7O/c1-11(9-26-2)22-16-19-7-6-14(24-16)15-20-10-21-17(25-15)23-13-5-3-4-12(18)8-13/h3-8,10-11H,9H2,1-2H3,(H,19,22,24)(H,20,21,23,25)/t11-/m0/s1. The van der Waals surface area contributed by atoms with E-state index >= 15 is 0 Å². The second-order valence-electron chi connectivity index (χ2n) is 5.53. The molecule has 26 heavy (non-hydrogen) atoms. The Labute approximate surface area is 149 Å². The van der Waals surface area contributed by atoms with Crippen LogP contribution in [0.3, 0.4) is 0 Å². The van der Waals surface area contributed by atoms with Crippen molar-refractivity contribution in [1.29, 1.82) is 0 Å². The summed E-state index contributed by atoms with van der Waals surface area (Å²) < 4.78 is 18.4. The Morgan fingerprint density at radius 1 is 1.12 bits per heavy atom. The lowest BCUT2D eigenvalue weighted by Gasteiger charge is -2.12. The van der Waals surface area contributed by atoms with Gasteiger partial charge in [0, 0.05) is 25.0 Å². The molecule has 0 aliphatic carbocycles. The van der Waals surface area contributed by atoms with Gasteiger partial charge in [-0.2, -0.15) is 4.98 Å². The second kappa shape index (κ2) is 8.26.